The first kappa shape index (κ1) is 13.7. The van der Waals surface area contributed by atoms with Gasteiger partial charge >= 0.3 is 84.4 Å². The number of aliphatic hydroxyl groups excluding tert-OH is 1. The maximum absolute atomic E-state index is 10.8. The fourth-order valence-corrected chi connectivity index (χ4v) is 1.60. The summed E-state index contributed by atoms with van der Waals surface area (Å²) in [7, 11) is -3.66. The molecule has 0 bridgehead atoms. The van der Waals surface area contributed by atoms with Crippen LogP contribution in [0.15, 0.2) is 0 Å². The molecule has 0 rings (SSSR count). The fourth-order valence-electron chi connectivity index (χ4n) is 1.06. The molecule has 1 atom stereocenters. The van der Waals surface area contributed by atoms with E-state index < -0.39 is 15.6 Å². The molecule has 1 unspecified atom stereocenters. The van der Waals surface area contributed by atoms with Crippen molar-refractivity contribution in [2.24, 2.45) is 5.92 Å². The summed E-state index contributed by atoms with van der Waals surface area (Å²) in [5, 5.41) is 11.5. The van der Waals surface area contributed by atoms with E-state index in [1.165, 1.54) is 0 Å². The Morgan fingerprint density at radius 3 is 2.36 bits per heavy atom. The summed E-state index contributed by atoms with van der Waals surface area (Å²) >= 11 is 0. The third-order valence-electron chi connectivity index (χ3n) is 1.70. The predicted octanol–water partition coefficient (Wildman–Crippen LogP) is -0.680. The molecule has 0 aliphatic rings. The van der Waals surface area contributed by atoms with Gasteiger partial charge in [-0.25, -0.2) is 0 Å². The molecular formula is C7H16BNO4S. The molecule has 2 N–H and O–H groups in total. The number of hydrogen-bond acceptors (Lipinski definition) is 5. The van der Waals surface area contributed by atoms with Gasteiger partial charge in [0.2, 0.25) is 0 Å². The second-order valence-corrected chi connectivity index (χ2v) is 5.42. The topological polar surface area (TPSA) is 83.5 Å². The van der Waals surface area contributed by atoms with E-state index in [0.29, 0.717) is 12.3 Å². The van der Waals surface area contributed by atoms with E-state index in [9.17, 15) is 13.1 Å². The van der Waals surface area contributed by atoms with Crippen LogP contribution in [0.2, 0.25) is 0 Å². The molecule has 0 saturated carbocycles. The maximum atomic E-state index is 10.8. The first-order chi connectivity index (χ1) is 6.41. The molecule has 0 spiro atoms. The van der Waals surface area contributed by atoms with Gasteiger partial charge in [0.25, 0.3) is 0 Å². The molecule has 0 amide bonds. The van der Waals surface area contributed by atoms with Gasteiger partial charge in [-0.2, -0.15) is 0 Å². The van der Waals surface area contributed by atoms with Crippen molar-refractivity contribution in [3.63, 3.8) is 0 Å². The molecule has 14 heavy (non-hydrogen) atoms. The molecule has 5 nitrogen and oxygen atoms in total. The van der Waals surface area contributed by atoms with Crippen molar-refractivity contribution in [1.82, 2.24) is 5.32 Å². The Morgan fingerprint density at radius 1 is 1.43 bits per heavy atom. The SMILES string of the molecule is CC(C)CC(CO)NCS(=O)(=O)B=O. The van der Waals surface area contributed by atoms with Crippen molar-refractivity contribution >= 4 is 16.1 Å². The monoisotopic (exact) mass is 221 g/mol. The standard InChI is InChI=1S/C7H16BNO4S/c1-6(2)3-7(4-10)9-5-14(12,13)8-11/h6-7,9-10H,3-5H2,1-2H3. The average Bonchev–Trinajstić information content (AvgIpc) is 2.12. The van der Waals surface area contributed by atoms with Crippen molar-refractivity contribution in [3.8, 4) is 0 Å². The van der Waals surface area contributed by atoms with Gasteiger partial charge in [-0.05, 0) is 0 Å². The Morgan fingerprint density at radius 2 is 2.00 bits per heavy atom. The van der Waals surface area contributed by atoms with E-state index in [1.54, 1.807) is 0 Å². The van der Waals surface area contributed by atoms with Crippen molar-refractivity contribution < 1.29 is 18.2 Å². The summed E-state index contributed by atoms with van der Waals surface area (Å²) < 4.78 is 31.6. The average molecular weight is 221 g/mol. The molecule has 7 heteroatoms. The molecule has 0 heterocycles. The van der Waals surface area contributed by atoms with Crippen LogP contribution in [0.5, 0.6) is 0 Å². The Labute approximate surface area is 85.0 Å². The van der Waals surface area contributed by atoms with Crippen LogP contribution < -0.4 is 5.32 Å². The molecule has 0 saturated heterocycles. The van der Waals surface area contributed by atoms with Gasteiger partial charge in [0.05, 0.1) is 0 Å². The van der Waals surface area contributed by atoms with Crippen LogP contribution >= 0.6 is 0 Å². The van der Waals surface area contributed by atoms with Crippen LogP contribution in [-0.2, 0) is 14.4 Å². The summed E-state index contributed by atoms with van der Waals surface area (Å²) in [6, 6.07) is -0.273. The van der Waals surface area contributed by atoms with Crippen LogP contribution in [0.25, 0.3) is 0 Å². The normalized spacial score (nSPS) is 14.0. The number of nitrogens with one attached hydrogen (secondary N) is 1. The molecule has 82 valence electrons. The van der Waals surface area contributed by atoms with E-state index in [4.69, 9.17) is 5.11 Å². The van der Waals surface area contributed by atoms with Crippen molar-refractivity contribution in [1.29, 1.82) is 0 Å². The Bertz CT molecular complexity index is 265. The van der Waals surface area contributed by atoms with Gasteiger partial charge in [-0.15, -0.1) is 0 Å². The van der Waals surface area contributed by atoms with E-state index in [1.807, 2.05) is 13.8 Å². The van der Waals surface area contributed by atoms with Crippen LogP contribution in [0.3, 0.4) is 0 Å². The zero-order valence-corrected chi connectivity index (χ0v) is 9.25. The fraction of sp³-hybridized carbons (Fsp3) is 1.00. The van der Waals surface area contributed by atoms with Crippen LogP contribution in [0, 0.1) is 5.92 Å². The second-order valence-electron chi connectivity index (χ2n) is 3.62. The molecule has 0 aromatic rings. The van der Waals surface area contributed by atoms with Gasteiger partial charge in [-0.3, -0.25) is 0 Å². The van der Waals surface area contributed by atoms with Gasteiger partial charge < -0.3 is 0 Å². The van der Waals surface area contributed by atoms with Crippen molar-refractivity contribution in [2.45, 2.75) is 26.3 Å². The second kappa shape index (κ2) is 6.26. The Hall–Kier alpha value is -0.265. The van der Waals surface area contributed by atoms with Crippen LogP contribution in [0.4, 0.5) is 0 Å². The molecule has 0 aromatic heterocycles. The molecule has 0 aliphatic carbocycles. The Balaban J connectivity index is 4.02. The quantitative estimate of drug-likeness (QED) is 0.556. The van der Waals surface area contributed by atoms with Crippen molar-refractivity contribution in [2.75, 3.05) is 12.5 Å². The van der Waals surface area contributed by atoms with Crippen LogP contribution in [0.1, 0.15) is 20.3 Å². The summed E-state index contributed by atoms with van der Waals surface area (Å²) in [5.74, 6) is -0.0485. The third kappa shape index (κ3) is 6.23. The molecule has 0 aromatic carbocycles. The molecule has 0 radical (unpaired) electrons. The summed E-state index contributed by atoms with van der Waals surface area (Å²) in [6.45, 7) is 3.81. The number of aliphatic hydroxyl groups is 1. The van der Waals surface area contributed by atoms with Gasteiger partial charge in [0, 0.05) is 0 Å². The first-order valence-corrected chi connectivity index (χ1v) is 6.15. The van der Waals surface area contributed by atoms with Crippen molar-refractivity contribution in [3.05, 3.63) is 0 Å². The number of hydrogen-bond donors (Lipinski definition) is 2. The first-order valence-electron chi connectivity index (χ1n) is 4.43. The summed E-state index contributed by atoms with van der Waals surface area (Å²) in [5.41, 5.74) is 0. The molecule has 0 fully saturated rings. The van der Waals surface area contributed by atoms with E-state index in [0.717, 1.165) is 0 Å². The van der Waals surface area contributed by atoms with Gasteiger partial charge in [0.1, 0.15) is 0 Å². The predicted molar refractivity (Wildman–Crippen MR) is 53.7 cm³/mol. The van der Waals surface area contributed by atoms with E-state index in [-0.39, 0.29) is 19.1 Å². The minimum absolute atomic E-state index is 0.0796. The minimum atomic E-state index is -3.66. The van der Waals surface area contributed by atoms with Crippen LogP contribution in [-0.4, -0.2) is 38.5 Å². The molecular weight excluding hydrogens is 205 g/mol. The Kier molecular flexibility index (Phi) is 6.14. The zero-order chi connectivity index (χ0) is 11.2. The summed E-state index contributed by atoms with van der Waals surface area (Å²) in [6.07, 6.45) is 0.592. The van der Waals surface area contributed by atoms with Gasteiger partial charge in [-0.1, -0.05) is 0 Å². The van der Waals surface area contributed by atoms with E-state index in [2.05, 4.69) is 5.32 Å². The zero-order valence-electron chi connectivity index (χ0n) is 8.43. The molecule has 0 aliphatic heterocycles. The summed E-state index contributed by atoms with van der Waals surface area (Å²) in [4.78, 5) is 0. The van der Waals surface area contributed by atoms with E-state index >= 15 is 0 Å². The number of rotatable bonds is 7. The van der Waals surface area contributed by atoms with Gasteiger partial charge in [0.15, 0.2) is 0 Å². The third-order valence-corrected chi connectivity index (χ3v) is 2.56.